The van der Waals surface area contributed by atoms with E-state index >= 15 is 4.39 Å². The molecule has 11 heteroatoms. The van der Waals surface area contributed by atoms with E-state index in [1.165, 1.54) is 17.2 Å². The number of rotatable bonds is 4. The van der Waals surface area contributed by atoms with Crippen molar-refractivity contribution < 1.29 is 18.7 Å². The van der Waals surface area contributed by atoms with Gasteiger partial charge in [0.2, 0.25) is 5.88 Å². The number of ether oxygens (including phenoxy) is 2. The highest BCUT2D eigenvalue weighted by molar-refractivity contribution is 6.99. The fraction of sp³-hybridized carbons (Fsp3) is 0.368. The SMILES string of the molecule is Cn1cc2c(n1)CN(c1cc3c(cc1F)N1C(=O)O[C@@H](COc4cnsn4)[C@@H]1C3)C2. The third-order valence-electron chi connectivity index (χ3n) is 5.82. The molecule has 0 spiro atoms. The zero-order valence-electron chi connectivity index (χ0n) is 16.0. The number of aromatic nitrogens is 4. The number of hydrogen-bond acceptors (Lipinski definition) is 8. The summed E-state index contributed by atoms with van der Waals surface area (Å²) in [7, 11) is 1.88. The molecule has 30 heavy (non-hydrogen) atoms. The second kappa shape index (κ2) is 6.39. The number of amides is 1. The van der Waals surface area contributed by atoms with Gasteiger partial charge in [-0.1, -0.05) is 0 Å². The molecular formula is C19H17FN6O3S. The zero-order valence-corrected chi connectivity index (χ0v) is 16.8. The first-order valence-electron chi connectivity index (χ1n) is 9.56. The summed E-state index contributed by atoms with van der Waals surface area (Å²) < 4.78 is 35.8. The van der Waals surface area contributed by atoms with Gasteiger partial charge in [-0.05, 0) is 18.1 Å². The molecule has 0 radical (unpaired) electrons. The average molecular weight is 428 g/mol. The first kappa shape index (κ1) is 17.6. The van der Waals surface area contributed by atoms with E-state index in [0.29, 0.717) is 36.8 Å². The summed E-state index contributed by atoms with van der Waals surface area (Å²) in [5.74, 6) is 0.0470. The van der Waals surface area contributed by atoms with E-state index in [2.05, 4.69) is 13.8 Å². The van der Waals surface area contributed by atoms with Gasteiger partial charge in [0.05, 0.1) is 41.4 Å². The maximum absolute atomic E-state index is 15.0. The minimum absolute atomic E-state index is 0.176. The maximum atomic E-state index is 15.0. The van der Waals surface area contributed by atoms with Gasteiger partial charge in [-0.3, -0.25) is 9.58 Å². The number of nitrogens with zero attached hydrogens (tertiary/aromatic N) is 6. The Hall–Kier alpha value is -3.21. The van der Waals surface area contributed by atoms with E-state index in [1.807, 2.05) is 24.2 Å². The number of benzene rings is 1. The van der Waals surface area contributed by atoms with Crippen molar-refractivity contribution in [3.05, 3.63) is 47.2 Å². The Morgan fingerprint density at radius 1 is 1.30 bits per heavy atom. The van der Waals surface area contributed by atoms with Gasteiger partial charge in [0, 0.05) is 31.4 Å². The molecule has 0 bridgehead atoms. The third-order valence-corrected chi connectivity index (χ3v) is 6.28. The summed E-state index contributed by atoms with van der Waals surface area (Å²) in [6.07, 6.45) is 3.13. The summed E-state index contributed by atoms with van der Waals surface area (Å²) in [6, 6.07) is 3.06. The molecule has 1 amide bonds. The summed E-state index contributed by atoms with van der Waals surface area (Å²) in [5, 5.41) is 4.44. The van der Waals surface area contributed by atoms with Gasteiger partial charge in [0.25, 0.3) is 0 Å². The lowest BCUT2D eigenvalue weighted by Gasteiger charge is -2.20. The highest BCUT2D eigenvalue weighted by Gasteiger charge is 2.48. The van der Waals surface area contributed by atoms with E-state index in [1.54, 1.807) is 4.68 Å². The highest BCUT2D eigenvalue weighted by atomic mass is 32.1. The topological polar surface area (TPSA) is 85.6 Å². The Morgan fingerprint density at radius 3 is 3.00 bits per heavy atom. The lowest BCUT2D eigenvalue weighted by atomic mass is 10.1. The normalized spacial score (nSPS) is 21.6. The number of aryl methyl sites for hydroxylation is 1. The van der Waals surface area contributed by atoms with Crippen molar-refractivity contribution in [3.63, 3.8) is 0 Å². The molecule has 3 aliphatic rings. The van der Waals surface area contributed by atoms with Crippen LogP contribution in [-0.2, 0) is 31.3 Å². The second-order valence-electron chi connectivity index (χ2n) is 7.68. The van der Waals surface area contributed by atoms with Crippen LogP contribution in [0, 0.1) is 5.82 Å². The molecule has 9 nitrogen and oxygen atoms in total. The predicted molar refractivity (Wildman–Crippen MR) is 105 cm³/mol. The van der Waals surface area contributed by atoms with Gasteiger partial charge in [-0.2, -0.15) is 9.47 Å². The predicted octanol–water partition coefficient (Wildman–Crippen LogP) is 2.26. The fourth-order valence-electron chi connectivity index (χ4n) is 4.51. The first-order valence-corrected chi connectivity index (χ1v) is 10.3. The van der Waals surface area contributed by atoms with E-state index in [4.69, 9.17) is 9.47 Å². The Labute approximate surface area is 174 Å². The van der Waals surface area contributed by atoms with Gasteiger partial charge < -0.3 is 14.4 Å². The van der Waals surface area contributed by atoms with Crippen LogP contribution in [0.2, 0.25) is 0 Å². The Kier molecular flexibility index (Phi) is 3.76. The molecule has 1 fully saturated rings. The van der Waals surface area contributed by atoms with Crippen molar-refractivity contribution >= 4 is 29.2 Å². The van der Waals surface area contributed by atoms with E-state index in [0.717, 1.165) is 28.5 Å². The lowest BCUT2D eigenvalue weighted by molar-refractivity contribution is 0.0905. The fourth-order valence-corrected chi connectivity index (χ4v) is 4.87. The number of carbonyl (C=O) groups is 1. The quantitative estimate of drug-likeness (QED) is 0.630. The van der Waals surface area contributed by atoms with Gasteiger partial charge in [0.1, 0.15) is 18.6 Å². The van der Waals surface area contributed by atoms with Crippen LogP contribution >= 0.6 is 11.7 Å². The standard InChI is InChI=1S/C19H17FN6O3S/c1-24-6-11-7-25(8-13(11)22-24)15-2-10-3-16-17(9-28-18-5-21-30-23-18)29-19(27)26(16)14(10)4-12(15)20/h2,4-6,16-17H,3,7-9H2,1H3/t16-,17-/m0/s1. The van der Waals surface area contributed by atoms with E-state index < -0.39 is 12.2 Å². The Balaban J connectivity index is 1.24. The molecule has 3 aromatic rings. The number of cyclic esters (lactones) is 1. The molecule has 0 unspecified atom stereocenters. The Bertz CT molecular complexity index is 1130. The number of hydrogen-bond donors (Lipinski definition) is 0. The maximum Gasteiger partial charge on any atom is 0.415 e. The first-order chi connectivity index (χ1) is 14.6. The minimum atomic E-state index is -0.478. The van der Waals surface area contributed by atoms with Crippen LogP contribution in [-0.4, -0.2) is 43.4 Å². The van der Waals surface area contributed by atoms with Crippen molar-refractivity contribution in [1.82, 2.24) is 18.5 Å². The van der Waals surface area contributed by atoms with E-state index in [9.17, 15) is 4.79 Å². The van der Waals surface area contributed by atoms with Gasteiger partial charge in [-0.25, -0.2) is 9.18 Å². The summed E-state index contributed by atoms with van der Waals surface area (Å²) in [6.45, 7) is 1.36. The van der Waals surface area contributed by atoms with Crippen LogP contribution in [0.1, 0.15) is 16.8 Å². The highest BCUT2D eigenvalue weighted by Crippen LogP contribution is 2.42. The number of carbonyl (C=O) groups excluding carboxylic acids is 1. The van der Waals surface area contributed by atoms with Crippen molar-refractivity contribution in [1.29, 1.82) is 0 Å². The smallest absolute Gasteiger partial charge is 0.415 e. The van der Waals surface area contributed by atoms with Gasteiger partial charge in [0.15, 0.2) is 6.10 Å². The lowest BCUT2D eigenvalue weighted by Crippen LogP contribution is -2.36. The van der Waals surface area contributed by atoms with Crippen LogP contribution in [0.5, 0.6) is 5.88 Å². The average Bonchev–Trinajstić information content (AvgIpc) is 3.48. The van der Waals surface area contributed by atoms with Crippen LogP contribution < -0.4 is 14.5 Å². The molecule has 154 valence electrons. The molecule has 0 aliphatic carbocycles. The molecule has 0 saturated carbocycles. The summed E-state index contributed by atoms with van der Waals surface area (Å²) >= 11 is 1.05. The molecule has 2 aromatic heterocycles. The summed E-state index contributed by atoms with van der Waals surface area (Å²) in [5.41, 5.74) is 4.11. The van der Waals surface area contributed by atoms with Crippen molar-refractivity contribution in [2.75, 3.05) is 16.4 Å². The molecule has 6 rings (SSSR count). The van der Waals surface area contributed by atoms with Gasteiger partial charge >= 0.3 is 6.09 Å². The van der Waals surface area contributed by atoms with Crippen LogP contribution in [0.15, 0.2) is 24.5 Å². The molecular weight excluding hydrogens is 411 g/mol. The molecule has 2 atom stereocenters. The van der Waals surface area contributed by atoms with Crippen LogP contribution in [0.3, 0.4) is 0 Å². The third kappa shape index (κ3) is 2.65. The largest absolute Gasteiger partial charge is 0.472 e. The Morgan fingerprint density at radius 2 is 2.20 bits per heavy atom. The number of anilines is 2. The number of fused-ring (bicyclic) bond motifs is 4. The summed E-state index contributed by atoms with van der Waals surface area (Å²) in [4.78, 5) is 16.0. The van der Waals surface area contributed by atoms with Gasteiger partial charge in [-0.15, -0.1) is 4.37 Å². The van der Waals surface area contributed by atoms with Crippen LogP contribution in [0.25, 0.3) is 0 Å². The monoisotopic (exact) mass is 428 g/mol. The van der Waals surface area contributed by atoms with Crippen molar-refractivity contribution in [2.45, 2.75) is 31.7 Å². The molecule has 5 heterocycles. The van der Waals surface area contributed by atoms with Crippen molar-refractivity contribution in [2.24, 2.45) is 7.05 Å². The second-order valence-corrected chi connectivity index (χ2v) is 8.24. The molecule has 3 aliphatic heterocycles. The molecule has 1 aromatic carbocycles. The molecule has 1 saturated heterocycles. The zero-order chi connectivity index (χ0) is 20.4. The molecule has 0 N–H and O–H groups in total. The van der Waals surface area contributed by atoms with Crippen LogP contribution in [0.4, 0.5) is 20.6 Å². The van der Waals surface area contributed by atoms with E-state index in [-0.39, 0.29) is 18.5 Å². The van der Waals surface area contributed by atoms with Crippen molar-refractivity contribution in [3.8, 4) is 5.88 Å². The minimum Gasteiger partial charge on any atom is -0.472 e. The number of halogens is 1.